The molecule has 0 radical (unpaired) electrons. The number of hydrogen-bond donors (Lipinski definition) is 2. The van der Waals surface area contributed by atoms with Crippen molar-refractivity contribution in [3.8, 4) is 11.8 Å². The van der Waals surface area contributed by atoms with Crippen LogP contribution < -0.4 is 10.0 Å². The second kappa shape index (κ2) is 8.93. The molecule has 0 saturated carbocycles. The molecule has 2 aromatic heterocycles. The van der Waals surface area contributed by atoms with Gasteiger partial charge >= 0.3 is 0 Å². The molecule has 1 aliphatic rings. The SMILES string of the molecule is CC1(C[C@H](N[S@@](=O)C(C)(C)C)c2ncccc2-n2ncc3ccccc32)C=CC=C(C#N)N1. The number of hydrogen-bond acceptors (Lipinski definition) is 5. The minimum absolute atomic E-state index is 0.371. The zero-order valence-electron chi connectivity index (χ0n) is 19.2. The van der Waals surface area contributed by atoms with Crippen molar-refractivity contribution in [3.63, 3.8) is 0 Å². The van der Waals surface area contributed by atoms with E-state index in [0.29, 0.717) is 12.1 Å². The average molecular weight is 461 g/mol. The van der Waals surface area contributed by atoms with Crippen molar-refractivity contribution in [2.24, 2.45) is 0 Å². The first-order chi connectivity index (χ1) is 15.7. The number of aromatic nitrogens is 3. The fourth-order valence-electron chi connectivity index (χ4n) is 3.88. The Morgan fingerprint density at radius 3 is 2.82 bits per heavy atom. The van der Waals surface area contributed by atoms with Crippen LogP contribution in [-0.2, 0) is 11.0 Å². The Balaban J connectivity index is 1.78. The van der Waals surface area contributed by atoms with Gasteiger partial charge in [-0.1, -0.05) is 30.4 Å². The molecule has 7 nitrogen and oxygen atoms in total. The lowest BCUT2D eigenvalue weighted by Crippen LogP contribution is -2.46. The predicted octanol–water partition coefficient (Wildman–Crippen LogP) is 4.23. The summed E-state index contributed by atoms with van der Waals surface area (Å²) in [5.74, 6) is 0. The van der Waals surface area contributed by atoms with E-state index in [1.165, 1.54) is 0 Å². The van der Waals surface area contributed by atoms with Crippen LogP contribution in [0.1, 0.15) is 45.9 Å². The molecule has 0 aliphatic carbocycles. The van der Waals surface area contributed by atoms with E-state index in [-0.39, 0.29) is 6.04 Å². The molecule has 33 heavy (non-hydrogen) atoms. The maximum absolute atomic E-state index is 13.2. The molecule has 1 aliphatic heterocycles. The number of nitriles is 1. The number of rotatable bonds is 6. The molecule has 0 spiro atoms. The molecule has 4 rings (SSSR count). The number of nitrogens with zero attached hydrogens (tertiary/aromatic N) is 4. The zero-order valence-corrected chi connectivity index (χ0v) is 20.1. The van der Waals surface area contributed by atoms with Crippen molar-refractivity contribution in [1.29, 1.82) is 5.26 Å². The molecule has 170 valence electrons. The van der Waals surface area contributed by atoms with Crippen LogP contribution in [0, 0.1) is 11.3 Å². The fourth-order valence-corrected chi connectivity index (χ4v) is 4.68. The Morgan fingerprint density at radius 2 is 2.06 bits per heavy atom. The van der Waals surface area contributed by atoms with E-state index in [9.17, 15) is 9.47 Å². The Hall–Kier alpha value is -3.28. The van der Waals surface area contributed by atoms with Gasteiger partial charge in [0.05, 0.1) is 50.4 Å². The van der Waals surface area contributed by atoms with Crippen LogP contribution in [0.3, 0.4) is 0 Å². The summed E-state index contributed by atoms with van der Waals surface area (Å²) >= 11 is 0. The summed E-state index contributed by atoms with van der Waals surface area (Å²) < 4.78 is 17.9. The van der Waals surface area contributed by atoms with Crippen LogP contribution in [-0.4, -0.2) is 29.3 Å². The van der Waals surface area contributed by atoms with Crippen molar-refractivity contribution < 1.29 is 4.21 Å². The van der Waals surface area contributed by atoms with E-state index in [4.69, 9.17) is 4.98 Å². The molecule has 3 heterocycles. The van der Waals surface area contributed by atoms with Gasteiger partial charge in [-0.25, -0.2) is 13.6 Å². The largest absolute Gasteiger partial charge is 0.368 e. The summed E-state index contributed by atoms with van der Waals surface area (Å²) in [6, 6.07) is 13.7. The highest BCUT2D eigenvalue weighted by molar-refractivity contribution is 7.84. The number of allylic oxidation sites excluding steroid dienone is 3. The van der Waals surface area contributed by atoms with Crippen LogP contribution in [0.4, 0.5) is 0 Å². The number of pyridine rings is 1. The quantitative estimate of drug-likeness (QED) is 0.574. The third-order valence-corrected chi connectivity index (χ3v) is 7.16. The summed E-state index contributed by atoms with van der Waals surface area (Å²) in [6.45, 7) is 7.83. The molecule has 1 aromatic carbocycles. The molecule has 0 fully saturated rings. The normalized spacial score (nSPS) is 20.0. The molecule has 3 atom stereocenters. The van der Waals surface area contributed by atoms with Gasteiger partial charge < -0.3 is 5.32 Å². The van der Waals surface area contributed by atoms with E-state index in [0.717, 1.165) is 22.3 Å². The second-order valence-electron chi connectivity index (χ2n) is 9.37. The molecule has 0 amide bonds. The Bertz CT molecular complexity index is 1300. The third kappa shape index (κ3) is 4.90. The van der Waals surface area contributed by atoms with Crippen molar-refractivity contribution in [3.05, 3.63) is 78.4 Å². The lowest BCUT2D eigenvalue weighted by molar-refractivity contribution is 0.390. The second-order valence-corrected chi connectivity index (χ2v) is 11.4. The Morgan fingerprint density at radius 1 is 1.27 bits per heavy atom. The maximum atomic E-state index is 13.2. The number of nitrogens with one attached hydrogen (secondary N) is 2. The molecule has 0 bridgehead atoms. The van der Waals surface area contributed by atoms with Crippen molar-refractivity contribution in [1.82, 2.24) is 24.8 Å². The van der Waals surface area contributed by atoms with E-state index in [2.05, 4.69) is 21.2 Å². The highest BCUT2D eigenvalue weighted by Gasteiger charge is 2.33. The molecular weight excluding hydrogens is 432 g/mol. The van der Waals surface area contributed by atoms with Crippen molar-refractivity contribution in [2.45, 2.75) is 50.4 Å². The Labute approximate surface area is 196 Å². The fraction of sp³-hybridized carbons (Fsp3) is 0.320. The first kappa shape index (κ1) is 22.9. The minimum atomic E-state index is -1.33. The highest BCUT2D eigenvalue weighted by Crippen LogP contribution is 2.32. The number of benzene rings is 1. The predicted molar refractivity (Wildman–Crippen MR) is 132 cm³/mol. The van der Waals surface area contributed by atoms with Gasteiger partial charge in [0, 0.05) is 11.6 Å². The summed E-state index contributed by atoms with van der Waals surface area (Å²) in [6.07, 6.45) is 9.75. The summed E-state index contributed by atoms with van der Waals surface area (Å²) in [5, 5.41) is 18.3. The van der Waals surface area contributed by atoms with Crippen LogP contribution >= 0.6 is 0 Å². The van der Waals surface area contributed by atoms with E-state index >= 15 is 0 Å². The van der Waals surface area contributed by atoms with E-state index < -0.39 is 21.3 Å². The molecule has 1 unspecified atom stereocenters. The molecule has 3 aromatic rings. The summed E-state index contributed by atoms with van der Waals surface area (Å²) in [5.41, 5.74) is 2.50. The third-order valence-electron chi connectivity index (χ3n) is 5.55. The van der Waals surface area contributed by atoms with Gasteiger partial charge in [-0.3, -0.25) is 4.98 Å². The summed E-state index contributed by atoms with van der Waals surface area (Å²) in [4.78, 5) is 4.72. The van der Waals surface area contributed by atoms with E-state index in [1.807, 2.05) is 87.1 Å². The van der Waals surface area contributed by atoms with E-state index in [1.54, 1.807) is 12.3 Å². The highest BCUT2D eigenvalue weighted by atomic mass is 32.2. The molecule has 8 heteroatoms. The maximum Gasteiger partial charge on any atom is 0.117 e. The van der Waals surface area contributed by atoms with Gasteiger partial charge in [-0.05, 0) is 58.4 Å². The first-order valence-corrected chi connectivity index (χ1v) is 12.0. The lowest BCUT2D eigenvalue weighted by atomic mass is 9.89. The minimum Gasteiger partial charge on any atom is -0.368 e. The lowest BCUT2D eigenvalue weighted by Gasteiger charge is -2.35. The van der Waals surface area contributed by atoms with Crippen LogP contribution in [0.5, 0.6) is 0 Å². The average Bonchev–Trinajstić information content (AvgIpc) is 3.22. The van der Waals surface area contributed by atoms with Gasteiger partial charge in [0.15, 0.2) is 0 Å². The number of para-hydroxylation sites is 1. The smallest absolute Gasteiger partial charge is 0.117 e. The monoisotopic (exact) mass is 460 g/mol. The number of fused-ring (bicyclic) bond motifs is 1. The topological polar surface area (TPSA) is 95.6 Å². The van der Waals surface area contributed by atoms with Gasteiger partial charge in [0.1, 0.15) is 11.8 Å². The van der Waals surface area contributed by atoms with Crippen LogP contribution in [0.25, 0.3) is 16.6 Å². The van der Waals surface area contributed by atoms with Crippen molar-refractivity contribution in [2.75, 3.05) is 0 Å². The first-order valence-electron chi connectivity index (χ1n) is 10.8. The molecular formula is C25H28N6OS. The van der Waals surface area contributed by atoms with Crippen molar-refractivity contribution >= 4 is 21.9 Å². The number of dihydropyridines is 1. The summed E-state index contributed by atoms with van der Waals surface area (Å²) in [7, 11) is -1.33. The Kier molecular flexibility index (Phi) is 6.19. The van der Waals surface area contributed by atoms with Crippen LogP contribution in [0.2, 0.25) is 0 Å². The van der Waals surface area contributed by atoms with Gasteiger partial charge in [-0.2, -0.15) is 10.4 Å². The standard InChI is InChI=1S/C25H28N6OS/c1-24(2,3)33(32)30-20(15-25(4)13-7-10-19(16-26)29-25)23-22(12-8-14-27-23)31-21-11-6-5-9-18(21)17-28-31/h5-14,17,20,29-30H,15H2,1-4H3/t20-,25?,33-/m0/s1. The van der Waals surface area contributed by atoms with Crippen LogP contribution in [0.15, 0.2) is 72.7 Å². The van der Waals surface area contributed by atoms with Gasteiger partial charge in [-0.15, -0.1) is 0 Å². The van der Waals surface area contributed by atoms with Gasteiger partial charge in [0.2, 0.25) is 0 Å². The molecule has 2 N–H and O–H groups in total. The zero-order chi connectivity index (χ0) is 23.6. The molecule has 0 saturated heterocycles. The van der Waals surface area contributed by atoms with Gasteiger partial charge in [0.25, 0.3) is 0 Å².